The van der Waals surface area contributed by atoms with Gasteiger partial charge in [-0.25, -0.2) is 0 Å². The summed E-state index contributed by atoms with van der Waals surface area (Å²) in [6, 6.07) is 8.19. The van der Waals surface area contributed by atoms with Gasteiger partial charge in [0.1, 0.15) is 0 Å². The highest BCUT2D eigenvalue weighted by Crippen LogP contribution is 2.40. The lowest BCUT2D eigenvalue weighted by molar-refractivity contribution is 0.229. The minimum absolute atomic E-state index is 0.520. The maximum absolute atomic E-state index is 9.46. The van der Waals surface area contributed by atoms with Gasteiger partial charge in [-0.15, -0.1) is 6.58 Å². The van der Waals surface area contributed by atoms with Crippen LogP contribution in [0.1, 0.15) is 36.0 Å². The Labute approximate surface area is 78.7 Å². The molecule has 1 saturated carbocycles. The van der Waals surface area contributed by atoms with E-state index in [4.69, 9.17) is 0 Å². The fourth-order valence-corrected chi connectivity index (χ4v) is 1.52. The van der Waals surface area contributed by atoms with Crippen LogP contribution in [0.3, 0.4) is 0 Å². The van der Waals surface area contributed by atoms with Gasteiger partial charge >= 0.3 is 0 Å². The number of aliphatic hydroxyl groups is 1. The van der Waals surface area contributed by atoms with Crippen LogP contribution in [0.15, 0.2) is 36.9 Å². The van der Waals surface area contributed by atoms with E-state index in [1.54, 1.807) is 6.08 Å². The minimum Gasteiger partial charge on any atom is -0.384 e. The van der Waals surface area contributed by atoms with E-state index >= 15 is 0 Å². The average Bonchev–Trinajstić information content (AvgIpc) is 3.00. The van der Waals surface area contributed by atoms with Gasteiger partial charge in [-0.1, -0.05) is 30.3 Å². The molecule has 2 rings (SSSR count). The molecule has 1 aliphatic carbocycles. The van der Waals surface area contributed by atoms with Crippen molar-refractivity contribution in [2.45, 2.75) is 24.9 Å². The Bertz CT molecular complexity index is 295. The molecule has 13 heavy (non-hydrogen) atoms. The van der Waals surface area contributed by atoms with Gasteiger partial charge < -0.3 is 5.11 Å². The van der Waals surface area contributed by atoms with Gasteiger partial charge in [0, 0.05) is 0 Å². The topological polar surface area (TPSA) is 20.2 Å². The van der Waals surface area contributed by atoms with Gasteiger partial charge in [-0.3, -0.25) is 0 Å². The summed E-state index contributed by atoms with van der Waals surface area (Å²) in [4.78, 5) is 0. The van der Waals surface area contributed by atoms with Gasteiger partial charge in [0.15, 0.2) is 0 Å². The fraction of sp³-hybridized carbons (Fsp3) is 0.333. The van der Waals surface area contributed by atoms with Crippen LogP contribution in [-0.2, 0) is 0 Å². The standard InChI is InChI=1S/C12H14O/c1-2-12(13)11-7-5-10(6-8-11)9-3-4-9/h2,5-9,12-13H,1,3-4H2. The zero-order chi connectivity index (χ0) is 9.26. The molecule has 1 fully saturated rings. The first-order valence-electron chi connectivity index (χ1n) is 4.71. The second-order valence-corrected chi connectivity index (χ2v) is 3.62. The number of aliphatic hydroxyl groups excluding tert-OH is 1. The van der Waals surface area contributed by atoms with Crippen molar-refractivity contribution in [1.82, 2.24) is 0 Å². The monoisotopic (exact) mass is 174 g/mol. The second-order valence-electron chi connectivity index (χ2n) is 3.62. The molecule has 0 saturated heterocycles. The first-order valence-corrected chi connectivity index (χ1v) is 4.71. The maximum Gasteiger partial charge on any atom is 0.0969 e. The van der Waals surface area contributed by atoms with Gasteiger partial charge in [-0.2, -0.15) is 0 Å². The molecule has 1 heteroatoms. The van der Waals surface area contributed by atoms with Crippen LogP contribution in [-0.4, -0.2) is 5.11 Å². The van der Waals surface area contributed by atoms with Crippen molar-refractivity contribution in [3.8, 4) is 0 Å². The number of hydrogen-bond donors (Lipinski definition) is 1. The van der Waals surface area contributed by atoms with Crippen LogP contribution in [0.2, 0.25) is 0 Å². The van der Waals surface area contributed by atoms with E-state index in [2.05, 4.69) is 18.7 Å². The lowest BCUT2D eigenvalue weighted by atomic mass is 10.0. The molecule has 0 spiro atoms. The van der Waals surface area contributed by atoms with Crippen molar-refractivity contribution in [3.63, 3.8) is 0 Å². The van der Waals surface area contributed by atoms with E-state index in [-0.39, 0.29) is 0 Å². The number of rotatable bonds is 3. The summed E-state index contributed by atoms with van der Waals surface area (Å²) in [7, 11) is 0. The Balaban J connectivity index is 2.17. The first kappa shape index (κ1) is 8.52. The normalized spacial score (nSPS) is 18.2. The van der Waals surface area contributed by atoms with E-state index in [9.17, 15) is 5.11 Å². The number of benzene rings is 1. The lowest BCUT2D eigenvalue weighted by Gasteiger charge is -2.06. The van der Waals surface area contributed by atoms with E-state index in [1.807, 2.05) is 12.1 Å². The molecule has 0 amide bonds. The van der Waals surface area contributed by atoms with Crippen LogP contribution in [0.4, 0.5) is 0 Å². The van der Waals surface area contributed by atoms with Crippen molar-refractivity contribution < 1.29 is 5.11 Å². The fourth-order valence-electron chi connectivity index (χ4n) is 1.52. The Morgan fingerprint density at radius 2 is 1.92 bits per heavy atom. The molecule has 1 N–H and O–H groups in total. The van der Waals surface area contributed by atoms with E-state index in [0.717, 1.165) is 11.5 Å². The van der Waals surface area contributed by atoms with Crippen molar-refractivity contribution in [1.29, 1.82) is 0 Å². The Morgan fingerprint density at radius 1 is 1.31 bits per heavy atom. The first-order chi connectivity index (χ1) is 6.31. The third kappa shape index (κ3) is 1.81. The quantitative estimate of drug-likeness (QED) is 0.698. The van der Waals surface area contributed by atoms with Crippen molar-refractivity contribution in [2.75, 3.05) is 0 Å². The lowest BCUT2D eigenvalue weighted by Crippen LogP contribution is -1.92. The third-order valence-corrected chi connectivity index (χ3v) is 2.55. The smallest absolute Gasteiger partial charge is 0.0969 e. The summed E-state index contributed by atoms with van der Waals surface area (Å²) < 4.78 is 0. The van der Waals surface area contributed by atoms with Gasteiger partial charge in [0.25, 0.3) is 0 Å². The summed E-state index contributed by atoms with van der Waals surface area (Å²) in [5.41, 5.74) is 2.33. The van der Waals surface area contributed by atoms with Crippen LogP contribution in [0.5, 0.6) is 0 Å². The summed E-state index contributed by atoms with van der Waals surface area (Å²) >= 11 is 0. The Hall–Kier alpha value is -1.08. The van der Waals surface area contributed by atoms with Crippen LogP contribution in [0, 0.1) is 0 Å². The van der Waals surface area contributed by atoms with Gasteiger partial charge in [0.05, 0.1) is 6.10 Å². The molecular weight excluding hydrogens is 160 g/mol. The van der Waals surface area contributed by atoms with Gasteiger partial charge in [-0.05, 0) is 29.9 Å². The molecule has 1 atom stereocenters. The van der Waals surface area contributed by atoms with Crippen LogP contribution >= 0.6 is 0 Å². The minimum atomic E-state index is -0.520. The maximum atomic E-state index is 9.46. The largest absolute Gasteiger partial charge is 0.384 e. The molecule has 0 aliphatic heterocycles. The molecule has 0 heterocycles. The van der Waals surface area contributed by atoms with E-state index in [1.165, 1.54) is 18.4 Å². The molecule has 1 aromatic carbocycles. The Morgan fingerprint density at radius 3 is 2.38 bits per heavy atom. The second kappa shape index (κ2) is 3.35. The van der Waals surface area contributed by atoms with Crippen molar-refractivity contribution >= 4 is 0 Å². The molecule has 1 nitrogen and oxygen atoms in total. The van der Waals surface area contributed by atoms with Crippen molar-refractivity contribution in [3.05, 3.63) is 48.0 Å². The van der Waals surface area contributed by atoms with E-state index in [0.29, 0.717) is 0 Å². The zero-order valence-corrected chi connectivity index (χ0v) is 7.61. The zero-order valence-electron chi connectivity index (χ0n) is 7.61. The highest BCUT2D eigenvalue weighted by atomic mass is 16.3. The SMILES string of the molecule is C=CC(O)c1ccc(C2CC2)cc1. The van der Waals surface area contributed by atoms with Crippen LogP contribution < -0.4 is 0 Å². The molecule has 0 aromatic heterocycles. The molecular formula is C12H14O. The predicted molar refractivity (Wildman–Crippen MR) is 53.6 cm³/mol. The highest BCUT2D eigenvalue weighted by Gasteiger charge is 2.23. The predicted octanol–water partition coefficient (Wildman–Crippen LogP) is 2.78. The summed E-state index contributed by atoms with van der Waals surface area (Å²) in [6.45, 7) is 3.56. The van der Waals surface area contributed by atoms with E-state index < -0.39 is 6.10 Å². The average molecular weight is 174 g/mol. The molecule has 68 valence electrons. The Kier molecular flexibility index (Phi) is 2.19. The summed E-state index contributed by atoms with van der Waals surface area (Å²) in [5.74, 6) is 0.787. The van der Waals surface area contributed by atoms with Gasteiger partial charge in [0.2, 0.25) is 0 Å². The number of hydrogen-bond acceptors (Lipinski definition) is 1. The third-order valence-electron chi connectivity index (χ3n) is 2.55. The molecule has 0 bridgehead atoms. The summed E-state index contributed by atoms with van der Waals surface area (Å²) in [5, 5.41) is 9.46. The molecule has 1 aromatic rings. The highest BCUT2D eigenvalue weighted by molar-refractivity contribution is 5.30. The summed E-state index contributed by atoms with van der Waals surface area (Å²) in [6.07, 6.45) is 3.67. The molecule has 0 radical (unpaired) electrons. The molecule has 1 unspecified atom stereocenters. The van der Waals surface area contributed by atoms with Crippen LogP contribution in [0.25, 0.3) is 0 Å². The van der Waals surface area contributed by atoms with Crippen molar-refractivity contribution in [2.24, 2.45) is 0 Å². The molecule has 1 aliphatic rings.